The lowest BCUT2D eigenvalue weighted by Crippen LogP contribution is -2.45. The molecule has 0 aromatic carbocycles. The summed E-state index contributed by atoms with van der Waals surface area (Å²) in [5, 5.41) is 0. The number of hydrogen-bond acceptors (Lipinski definition) is 2. The molecule has 1 aromatic rings. The second-order valence-corrected chi connectivity index (χ2v) is 4.47. The summed E-state index contributed by atoms with van der Waals surface area (Å²) in [6, 6.07) is 5.71. The fraction of sp³-hybridized carbons (Fsp3) is 0.583. The number of hydrogen-bond donors (Lipinski definition) is 0. The lowest BCUT2D eigenvalue weighted by atomic mass is 9.95. The van der Waals surface area contributed by atoms with E-state index in [9.17, 15) is 8.78 Å². The van der Waals surface area contributed by atoms with Crippen molar-refractivity contribution in [3.05, 3.63) is 30.1 Å². The quantitative estimate of drug-likeness (QED) is 0.770. The topological polar surface area (TPSA) is 16.1 Å². The molecule has 0 bridgehead atoms. The van der Waals surface area contributed by atoms with Crippen molar-refractivity contribution in [1.29, 1.82) is 0 Å². The largest absolute Gasteiger partial charge is 0.297 e. The fourth-order valence-electron chi connectivity index (χ4n) is 2.03. The van der Waals surface area contributed by atoms with Crippen LogP contribution in [0.25, 0.3) is 0 Å². The van der Waals surface area contributed by atoms with Crippen molar-refractivity contribution in [1.82, 2.24) is 9.88 Å². The highest BCUT2D eigenvalue weighted by Crippen LogP contribution is 2.33. The first kappa shape index (κ1) is 11.5. The van der Waals surface area contributed by atoms with Crippen molar-refractivity contribution < 1.29 is 8.78 Å². The Morgan fingerprint density at radius 2 is 2.31 bits per heavy atom. The van der Waals surface area contributed by atoms with Crippen LogP contribution in [0.4, 0.5) is 8.78 Å². The van der Waals surface area contributed by atoms with Crippen molar-refractivity contribution in [2.24, 2.45) is 5.92 Å². The summed E-state index contributed by atoms with van der Waals surface area (Å²) in [5.41, 5.74) is 0.944. The van der Waals surface area contributed by atoms with Crippen LogP contribution in [0.3, 0.4) is 0 Å². The van der Waals surface area contributed by atoms with Crippen molar-refractivity contribution in [2.75, 3.05) is 13.1 Å². The number of pyridine rings is 1. The number of likely N-dealkylation sites (tertiary alicyclic amines) is 1. The van der Waals surface area contributed by atoms with E-state index in [0.29, 0.717) is 19.6 Å². The van der Waals surface area contributed by atoms with Crippen molar-refractivity contribution in [3.63, 3.8) is 0 Å². The Morgan fingerprint density at radius 3 is 2.94 bits per heavy atom. The van der Waals surface area contributed by atoms with Gasteiger partial charge in [0, 0.05) is 38.2 Å². The molecule has 16 heavy (non-hydrogen) atoms. The maximum absolute atomic E-state index is 13.3. The Morgan fingerprint density at radius 1 is 1.50 bits per heavy atom. The zero-order chi connectivity index (χ0) is 11.6. The molecule has 2 rings (SSSR count). The van der Waals surface area contributed by atoms with Gasteiger partial charge in [0.15, 0.2) is 0 Å². The average Bonchev–Trinajstić information content (AvgIpc) is 2.26. The standard InChI is InChI=1S/C12H16F2N2/c1-10-8-16(7-5-12(10,13)14)9-11-4-2-3-6-15-11/h2-4,6,10H,5,7-9H2,1H3/t10-/m1/s1. The van der Waals surface area contributed by atoms with E-state index in [0.717, 1.165) is 5.69 Å². The molecule has 2 nitrogen and oxygen atoms in total. The second kappa shape index (κ2) is 4.45. The molecule has 4 heteroatoms. The SMILES string of the molecule is C[C@@H]1CN(Cc2ccccn2)CCC1(F)F. The third kappa shape index (κ3) is 2.55. The molecule has 1 atom stereocenters. The van der Waals surface area contributed by atoms with E-state index in [-0.39, 0.29) is 6.42 Å². The van der Waals surface area contributed by atoms with Crippen molar-refractivity contribution in [3.8, 4) is 0 Å². The Hall–Kier alpha value is -1.03. The molecule has 88 valence electrons. The molecule has 1 saturated heterocycles. The van der Waals surface area contributed by atoms with Gasteiger partial charge in [0.05, 0.1) is 5.69 Å². The zero-order valence-electron chi connectivity index (χ0n) is 9.37. The molecular formula is C12H16F2N2. The van der Waals surface area contributed by atoms with Crippen LogP contribution in [0, 0.1) is 5.92 Å². The lowest BCUT2D eigenvalue weighted by molar-refractivity contribution is -0.100. The Kier molecular flexibility index (Phi) is 3.19. The first-order valence-corrected chi connectivity index (χ1v) is 5.58. The molecule has 0 aliphatic carbocycles. The van der Waals surface area contributed by atoms with Gasteiger partial charge < -0.3 is 0 Å². The second-order valence-electron chi connectivity index (χ2n) is 4.47. The molecule has 1 aliphatic rings. The van der Waals surface area contributed by atoms with Gasteiger partial charge in [-0.25, -0.2) is 8.78 Å². The van der Waals surface area contributed by atoms with Gasteiger partial charge in [-0.2, -0.15) is 0 Å². The van der Waals surface area contributed by atoms with E-state index in [4.69, 9.17) is 0 Å². The van der Waals surface area contributed by atoms with Crippen LogP contribution in [0.1, 0.15) is 19.0 Å². The molecule has 0 amide bonds. The maximum atomic E-state index is 13.3. The molecule has 1 aliphatic heterocycles. The van der Waals surface area contributed by atoms with Gasteiger partial charge in [0.2, 0.25) is 0 Å². The highest BCUT2D eigenvalue weighted by atomic mass is 19.3. The third-order valence-corrected chi connectivity index (χ3v) is 3.13. The summed E-state index contributed by atoms with van der Waals surface area (Å²) >= 11 is 0. The summed E-state index contributed by atoms with van der Waals surface area (Å²) in [5.74, 6) is -3.06. The smallest absolute Gasteiger partial charge is 0.253 e. The minimum absolute atomic E-state index is 0.0407. The predicted molar refractivity (Wildman–Crippen MR) is 58.2 cm³/mol. The van der Waals surface area contributed by atoms with Crippen LogP contribution >= 0.6 is 0 Å². The van der Waals surface area contributed by atoms with Crippen LogP contribution in [0.15, 0.2) is 24.4 Å². The molecule has 1 aromatic heterocycles. The zero-order valence-corrected chi connectivity index (χ0v) is 9.37. The van der Waals surface area contributed by atoms with E-state index in [1.165, 1.54) is 0 Å². The van der Waals surface area contributed by atoms with Gasteiger partial charge in [-0.3, -0.25) is 9.88 Å². The minimum Gasteiger partial charge on any atom is -0.297 e. The summed E-state index contributed by atoms with van der Waals surface area (Å²) < 4.78 is 26.5. The molecule has 0 unspecified atom stereocenters. The van der Waals surface area contributed by atoms with Crippen LogP contribution in [-0.4, -0.2) is 28.9 Å². The average molecular weight is 226 g/mol. The van der Waals surface area contributed by atoms with Crippen LogP contribution in [0.5, 0.6) is 0 Å². The number of rotatable bonds is 2. The first-order valence-electron chi connectivity index (χ1n) is 5.58. The van der Waals surface area contributed by atoms with E-state index in [1.807, 2.05) is 23.1 Å². The van der Waals surface area contributed by atoms with Gasteiger partial charge in [-0.05, 0) is 12.1 Å². The molecular weight excluding hydrogens is 210 g/mol. The Balaban J connectivity index is 1.94. The number of nitrogens with zero attached hydrogens (tertiary/aromatic N) is 2. The summed E-state index contributed by atoms with van der Waals surface area (Å²) in [6.07, 6.45) is 1.69. The predicted octanol–water partition coefficient (Wildman–Crippen LogP) is 2.56. The molecule has 0 saturated carbocycles. The van der Waals surface area contributed by atoms with Crippen LogP contribution < -0.4 is 0 Å². The molecule has 2 heterocycles. The van der Waals surface area contributed by atoms with Gasteiger partial charge in [0.25, 0.3) is 5.92 Å². The molecule has 1 fully saturated rings. The van der Waals surface area contributed by atoms with Gasteiger partial charge in [0.1, 0.15) is 0 Å². The summed E-state index contributed by atoms with van der Waals surface area (Å²) in [6.45, 7) is 3.18. The molecule has 0 radical (unpaired) electrons. The maximum Gasteiger partial charge on any atom is 0.253 e. The number of alkyl halides is 2. The summed E-state index contributed by atoms with van der Waals surface area (Å²) in [7, 11) is 0. The number of piperidine rings is 1. The van der Waals surface area contributed by atoms with E-state index < -0.39 is 11.8 Å². The lowest BCUT2D eigenvalue weighted by Gasteiger charge is -2.36. The highest BCUT2D eigenvalue weighted by molar-refractivity contribution is 5.03. The Labute approximate surface area is 94.3 Å². The first-order chi connectivity index (χ1) is 7.58. The highest BCUT2D eigenvalue weighted by Gasteiger charge is 2.40. The number of aromatic nitrogens is 1. The molecule has 0 N–H and O–H groups in total. The third-order valence-electron chi connectivity index (χ3n) is 3.13. The normalized spacial score (nSPS) is 25.6. The van der Waals surface area contributed by atoms with E-state index >= 15 is 0 Å². The fourth-order valence-corrected chi connectivity index (χ4v) is 2.03. The Bertz CT molecular complexity index is 340. The summed E-state index contributed by atoms with van der Waals surface area (Å²) in [4.78, 5) is 6.25. The van der Waals surface area contributed by atoms with Crippen LogP contribution in [0.2, 0.25) is 0 Å². The minimum atomic E-state index is -2.50. The number of halogens is 2. The van der Waals surface area contributed by atoms with Gasteiger partial charge in [-0.1, -0.05) is 13.0 Å². The van der Waals surface area contributed by atoms with E-state index in [2.05, 4.69) is 4.98 Å². The van der Waals surface area contributed by atoms with Gasteiger partial charge >= 0.3 is 0 Å². The monoisotopic (exact) mass is 226 g/mol. The van der Waals surface area contributed by atoms with Crippen molar-refractivity contribution in [2.45, 2.75) is 25.8 Å². The van der Waals surface area contributed by atoms with Gasteiger partial charge in [-0.15, -0.1) is 0 Å². The van der Waals surface area contributed by atoms with Crippen LogP contribution in [-0.2, 0) is 6.54 Å². The van der Waals surface area contributed by atoms with E-state index in [1.54, 1.807) is 13.1 Å². The van der Waals surface area contributed by atoms with Crippen molar-refractivity contribution >= 4 is 0 Å². The molecule has 0 spiro atoms.